The average Bonchev–Trinajstić information content (AvgIpc) is 2.00. The summed E-state index contributed by atoms with van der Waals surface area (Å²) in [5.74, 6) is 0. The Labute approximate surface area is 88.4 Å². The Morgan fingerprint density at radius 3 is 2.27 bits per heavy atom. The van der Waals surface area contributed by atoms with E-state index < -0.39 is 32.2 Å². The van der Waals surface area contributed by atoms with Crippen LogP contribution in [0, 0.1) is 10.1 Å². The molecule has 1 aliphatic carbocycles. The van der Waals surface area contributed by atoms with Gasteiger partial charge < -0.3 is 5.11 Å². The molecule has 0 aromatic rings. The van der Waals surface area contributed by atoms with Gasteiger partial charge in [-0.1, -0.05) is 0 Å². The van der Waals surface area contributed by atoms with E-state index in [4.69, 9.17) is 0 Å². The number of sulfone groups is 1. The van der Waals surface area contributed by atoms with Gasteiger partial charge in [-0.2, -0.15) is 0 Å². The molecule has 1 fully saturated rings. The molecular formula is C8H15NO5S. The minimum Gasteiger partial charge on any atom is -0.383 e. The Kier molecular flexibility index (Phi) is 3.34. The fourth-order valence-electron chi connectivity index (χ4n) is 1.96. The van der Waals surface area contributed by atoms with E-state index in [0.29, 0.717) is 12.8 Å². The van der Waals surface area contributed by atoms with Gasteiger partial charge in [0.25, 0.3) is 0 Å². The molecule has 0 unspecified atom stereocenters. The Morgan fingerprint density at radius 2 is 1.93 bits per heavy atom. The lowest BCUT2D eigenvalue weighted by Gasteiger charge is -2.32. The molecule has 1 saturated carbocycles. The summed E-state index contributed by atoms with van der Waals surface area (Å²) in [5, 5.41) is 19.6. The highest BCUT2D eigenvalue weighted by molar-refractivity contribution is 7.91. The quantitative estimate of drug-likeness (QED) is 0.549. The second-order valence-electron chi connectivity index (χ2n) is 4.24. The Bertz CT molecular complexity index is 342. The number of aliphatic hydroxyl groups is 1. The molecule has 7 heteroatoms. The van der Waals surface area contributed by atoms with Crippen LogP contribution in [0.2, 0.25) is 0 Å². The van der Waals surface area contributed by atoms with E-state index in [1.807, 2.05) is 0 Å². The van der Waals surface area contributed by atoms with Gasteiger partial charge in [-0.05, 0) is 25.7 Å². The zero-order valence-electron chi connectivity index (χ0n) is 8.55. The summed E-state index contributed by atoms with van der Waals surface area (Å²) in [6.07, 6.45) is 2.15. The minimum absolute atomic E-state index is 0.186. The van der Waals surface area contributed by atoms with E-state index in [1.54, 1.807) is 0 Å². The first-order valence-corrected chi connectivity index (χ1v) is 6.71. The fourth-order valence-corrected chi connectivity index (χ4v) is 3.05. The zero-order valence-corrected chi connectivity index (χ0v) is 9.37. The molecule has 0 bridgehead atoms. The van der Waals surface area contributed by atoms with Crippen LogP contribution in [0.4, 0.5) is 0 Å². The molecule has 0 saturated heterocycles. The molecule has 0 aromatic heterocycles. The van der Waals surface area contributed by atoms with Crippen molar-refractivity contribution in [1.82, 2.24) is 0 Å². The normalized spacial score (nSPS) is 32.5. The fraction of sp³-hybridized carbons (Fsp3) is 1.00. The van der Waals surface area contributed by atoms with Crippen LogP contribution in [0.1, 0.15) is 25.7 Å². The maximum atomic E-state index is 11.2. The lowest BCUT2D eigenvalue weighted by atomic mass is 9.85. The van der Waals surface area contributed by atoms with Gasteiger partial charge in [-0.25, -0.2) is 8.42 Å². The van der Waals surface area contributed by atoms with Crippen molar-refractivity contribution >= 4 is 9.84 Å². The molecule has 0 spiro atoms. The monoisotopic (exact) mass is 237 g/mol. The van der Waals surface area contributed by atoms with Gasteiger partial charge in [0.2, 0.25) is 6.54 Å². The molecular weight excluding hydrogens is 222 g/mol. The van der Waals surface area contributed by atoms with E-state index in [0.717, 1.165) is 6.26 Å². The van der Waals surface area contributed by atoms with Gasteiger partial charge in [0, 0.05) is 11.2 Å². The molecule has 88 valence electrons. The summed E-state index contributed by atoms with van der Waals surface area (Å²) in [6.45, 7) is -0.497. The maximum Gasteiger partial charge on any atom is 0.232 e. The first-order chi connectivity index (χ1) is 6.73. The van der Waals surface area contributed by atoms with Crippen molar-refractivity contribution in [2.45, 2.75) is 36.5 Å². The van der Waals surface area contributed by atoms with Crippen LogP contribution >= 0.6 is 0 Å². The third-order valence-corrected chi connectivity index (χ3v) is 4.57. The predicted molar refractivity (Wildman–Crippen MR) is 53.9 cm³/mol. The molecule has 1 rings (SSSR count). The average molecular weight is 237 g/mol. The van der Waals surface area contributed by atoms with Gasteiger partial charge in [-0.15, -0.1) is 0 Å². The van der Waals surface area contributed by atoms with Gasteiger partial charge in [0.1, 0.15) is 15.4 Å². The van der Waals surface area contributed by atoms with Gasteiger partial charge in [-0.3, -0.25) is 10.1 Å². The molecule has 0 amide bonds. The van der Waals surface area contributed by atoms with Crippen molar-refractivity contribution in [2.75, 3.05) is 12.8 Å². The molecule has 0 atom stereocenters. The first kappa shape index (κ1) is 12.4. The highest BCUT2D eigenvalue weighted by Crippen LogP contribution is 2.31. The van der Waals surface area contributed by atoms with Crippen molar-refractivity contribution in [2.24, 2.45) is 0 Å². The predicted octanol–water partition coefficient (Wildman–Crippen LogP) is -0.0186. The summed E-state index contributed by atoms with van der Waals surface area (Å²) in [5.41, 5.74) is -1.31. The molecule has 0 aromatic carbocycles. The highest BCUT2D eigenvalue weighted by atomic mass is 32.2. The molecule has 0 aliphatic heterocycles. The number of nitrogens with zero attached hydrogens (tertiary/aromatic N) is 1. The van der Waals surface area contributed by atoms with Crippen LogP contribution in [0.15, 0.2) is 0 Å². The highest BCUT2D eigenvalue weighted by Gasteiger charge is 2.40. The van der Waals surface area contributed by atoms with Crippen LogP contribution in [-0.4, -0.2) is 42.1 Å². The van der Waals surface area contributed by atoms with Crippen LogP contribution < -0.4 is 0 Å². The number of rotatable bonds is 3. The van der Waals surface area contributed by atoms with Crippen LogP contribution in [0.25, 0.3) is 0 Å². The summed E-state index contributed by atoms with van der Waals surface area (Å²) in [6, 6.07) is 0. The topological polar surface area (TPSA) is 97.5 Å². The minimum atomic E-state index is -3.09. The second kappa shape index (κ2) is 4.05. The van der Waals surface area contributed by atoms with Crippen molar-refractivity contribution in [3.63, 3.8) is 0 Å². The maximum absolute atomic E-state index is 11.2. The lowest BCUT2D eigenvalue weighted by Crippen LogP contribution is -2.43. The van der Waals surface area contributed by atoms with Crippen molar-refractivity contribution < 1.29 is 18.4 Å². The number of hydrogen-bond acceptors (Lipinski definition) is 5. The summed E-state index contributed by atoms with van der Waals surface area (Å²) in [4.78, 5) is 9.72. The standard InChI is InChI=1S/C8H15NO5S/c1-15(13,14)7-2-4-8(10,5-3-7)6-9(11)12/h7,10H,2-6H2,1H3/t7-,8+. The van der Waals surface area contributed by atoms with Gasteiger partial charge >= 0.3 is 0 Å². The molecule has 1 N–H and O–H groups in total. The Morgan fingerprint density at radius 1 is 1.47 bits per heavy atom. The second-order valence-corrected chi connectivity index (χ2v) is 6.57. The lowest BCUT2D eigenvalue weighted by molar-refractivity contribution is -0.502. The summed E-state index contributed by atoms with van der Waals surface area (Å²) in [7, 11) is -3.09. The first-order valence-electron chi connectivity index (χ1n) is 4.76. The van der Waals surface area contributed by atoms with Crippen molar-refractivity contribution in [3.05, 3.63) is 10.1 Å². The Hall–Kier alpha value is -0.690. The van der Waals surface area contributed by atoms with E-state index in [9.17, 15) is 23.6 Å². The largest absolute Gasteiger partial charge is 0.383 e. The van der Waals surface area contributed by atoms with Crippen LogP contribution in [-0.2, 0) is 9.84 Å². The van der Waals surface area contributed by atoms with E-state index >= 15 is 0 Å². The smallest absolute Gasteiger partial charge is 0.232 e. The third kappa shape index (κ3) is 3.42. The molecule has 0 radical (unpaired) electrons. The molecule has 6 nitrogen and oxygen atoms in total. The van der Waals surface area contributed by atoms with Crippen molar-refractivity contribution in [1.29, 1.82) is 0 Å². The Balaban J connectivity index is 2.59. The van der Waals surface area contributed by atoms with Crippen LogP contribution in [0.3, 0.4) is 0 Å². The number of nitro groups is 1. The summed E-state index contributed by atoms with van der Waals surface area (Å²) < 4.78 is 22.4. The zero-order chi connectivity index (χ0) is 11.7. The number of hydrogen-bond donors (Lipinski definition) is 1. The van der Waals surface area contributed by atoms with Gasteiger partial charge in [0.15, 0.2) is 0 Å². The van der Waals surface area contributed by atoms with Gasteiger partial charge in [0.05, 0.1) is 5.25 Å². The van der Waals surface area contributed by atoms with E-state index in [-0.39, 0.29) is 12.8 Å². The van der Waals surface area contributed by atoms with E-state index in [2.05, 4.69) is 0 Å². The third-order valence-electron chi connectivity index (χ3n) is 2.89. The van der Waals surface area contributed by atoms with Crippen molar-refractivity contribution in [3.8, 4) is 0 Å². The van der Waals surface area contributed by atoms with E-state index in [1.165, 1.54) is 0 Å². The SMILES string of the molecule is CS(=O)(=O)[C@H]1CC[C@](O)(C[N+](=O)[O-])CC1. The molecule has 15 heavy (non-hydrogen) atoms. The molecule has 0 heterocycles. The molecule has 1 aliphatic rings. The summed E-state index contributed by atoms with van der Waals surface area (Å²) >= 11 is 0. The van der Waals surface area contributed by atoms with Crippen LogP contribution in [0.5, 0.6) is 0 Å².